The van der Waals surface area contributed by atoms with Gasteiger partial charge in [0.25, 0.3) is 0 Å². The molecular weight excluding hydrogens is 446 g/mol. The van der Waals surface area contributed by atoms with Gasteiger partial charge >= 0.3 is 5.97 Å². The van der Waals surface area contributed by atoms with Crippen molar-refractivity contribution >= 4 is 23.5 Å². The zero-order valence-electron chi connectivity index (χ0n) is 17.1. The highest BCUT2D eigenvalue weighted by atomic mass is 35.5. The number of aliphatic hydroxyl groups excluding tert-OH is 1. The summed E-state index contributed by atoms with van der Waals surface area (Å²) in [6.45, 7) is 1.97. The predicted octanol–water partition coefficient (Wildman–Crippen LogP) is 1.45. The fourth-order valence-electron chi connectivity index (χ4n) is 3.70. The van der Waals surface area contributed by atoms with Crippen LogP contribution in [0.5, 0.6) is 0 Å². The van der Waals surface area contributed by atoms with Gasteiger partial charge in [-0.15, -0.1) is 4.80 Å². The molecular formula is C20H21ClF2N6O3. The minimum atomic E-state index is -1.39. The first-order valence-corrected chi connectivity index (χ1v) is 10.4. The third kappa shape index (κ3) is 4.50. The number of benzene rings is 1. The maximum Gasteiger partial charge on any atom is 0.338 e. The number of β-amino-alcohol motifs (C(OH)–C–C–N with tert-alkyl or cyclic N) is 1. The molecule has 12 heteroatoms. The quantitative estimate of drug-likeness (QED) is 0.642. The number of aliphatic imine (C=N–C) groups is 1. The average molecular weight is 467 g/mol. The Morgan fingerprint density at radius 2 is 2.09 bits per heavy atom. The molecule has 3 atom stereocenters. The minimum absolute atomic E-state index is 0.00306. The number of alkyl halides is 1. The van der Waals surface area contributed by atoms with Crippen LogP contribution in [-0.2, 0) is 9.53 Å². The van der Waals surface area contributed by atoms with Gasteiger partial charge in [0.1, 0.15) is 18.0 Å². The number of carbonyl (C=O) groups is 1. The molecule has 3 heterocycles. The number of esters is 1. The van der Waals surface area contributed by atoms with E-state index in [0.717, 1.165) is 6.07 Å². The largest absolute Gasteiger partial charge is 0.463 e. The summed E-state index contributed by atoms with van der Waals surface area (Å²) in [6, 6.07) is 2.84. The number of halogens is 3. The van der Waals surface area contributed by atoms with Gasteiger partial charge in [0, 0.05) is 35.9 Å². The smallest absolute Gasteiger partial charge is 0.338 e. The van der Waals surface area contributed by atoms with E-state index < -0.39 is 30.1 Å². The van der Waals surface area contributed by atoms with E-state index in [4.69, 9.17) is 16.3 Å². The van der Waals surface area contributed by atoms with Crippen molar-refractivity contribution in [1.82, 2.24) is 25.2 Å². The summed E-state index contributed by atoms with van der Waals surface area (Å²) in [4.78, 5) is 20.4. The van der Waals surface area contributed by atoms with Crippen LogP contribution < -0.4 is 5.32 Å². The second kappa shape index (κ2) is 9.31. The molecule has 1 saturated heterocycles. The number of carbonyl (C=O) groups excluding carboxylic acids is 1. The summed E-state index contributed by atoms with van der Waals surface area (Å²) in [5.74, 6) is -0.985. The fraction of sp³-hybridized carbons (Fsp3) is 0.400. The van der Waals surface area contributed by atoms with Crippen molar-refractivity contribution < 1.29 is 23.4 Å². The predicted molar refractivity (Wildman–Crippen MR) is 111 cm³/mol. The molecule has 2 aromatic rings. The first-order valence-electron chi connectivity index (χ1n) is 9.98. The van der Waals surface area contributed by atoms with Crippen LogP contribution in [-0.4, -0.2) is 75.4 Å². The molecule has 1 fully saturated rings. The van der Waals surface area contributed by atoms with E-state index in [9.17, 15) is 18.7 Å². The third-order valence-electron chi connectivity index (χ3n) is 5.15. The molecule has 32 heavy (non-hydrogen) atoms. The first kappa shape index (κ1) is 22.3. The monoisotopic (exact) mass is 466 g/mol. The summed E-state index contributed by atoms with van der Waals surface area (Å²) < 4.78 is 32.9. The Morgan fingerprint density at radius 1 is 1.34 bits per heavy atom. The molecule has 0 bridgehead atoms. The Kier molecular flexibility index (Phi) is 6.49. The number of nitrogens with one attached hydrogen (secondary N) is 1. The van der Waals surface area contributed by atoms with Crippen LogP contribution in [0.1, 0.15) is 18.5 Å². The van der Waals surface area contributed by atoms with Crippen molar-refractivity contribution in [2.24, 2.45) is 4.99 Å². The summed E-state index contributed by atoms with van der Waals surface area (Å²) in [7, 11) is 0. The molecule has 0 radical (unpaired) electrons. The van der Waals surface area contributed by atoms with Crippen molar-refractivity contribution in [3.8, 4) is 0 Å². The van der Waals surface area contributed by atoms with E-state index in [-0.39, 0.29) is 42.8 Å². The molecule has 9 nitrogen and oxygen atoms in total. The van der Waals surface area contributed by atoms with E-state index in [1.54, 1.807) is 11.8 Å². The van der Waals surface area contributed by atoms with Crippen molar-refractivity contribution in [2.75, 3.05) is 26.2 Å². The van der Waals surface area contributed by atoms with Crippen LogP contribution in [0.2, 0.25) is 5.02 Å². The average Bonchev–Trinajstić information content (AvgIpc) is 3.38. The number of ether oxygens (including phenoxy) is 1. The van der Waals surface area contributed by atoms with Crippen LogP contribution in [0.3, 0.4) is 0 Å². The second-order valence-electron chi connectivity index (χ2n) is 7.35. The van der Waals surface area contributed by atoms with Crippen molar-refractivity contribution in [2.45, 2.75) is 25.2 Å². The number of aromatic nitrogens is 3. The minimum Gasteiger partial charge on any atom is -0.463 e. The number of hydrogen-bond donors (Lipinski definition) is 2. The van der Waals surface area contributed by atoms with Gasteiger partial charge < -0.3 is 15.2 Å². The third-order valence-corrected chi connectivity index (χ3v) is 5.48. The molecule has 2 aliphatic rings. The lowest BCUT2D eigenvalue weighted by atomic mass is 9.95. The molecule has 170 valence electrons. The Morgan fingerprint density at radius 3 is 2.72 bits per heavy atom. The Labute approximate surface area is 187 Å². The van der Waals surface area contributed by atoms with E-state index in [0.29, 0.717) is 11.3 Å². The molecule has 0 aliphatic carbocycles. The zero-order valence-corrected chi connectivity index (χ0v) is 17.8. The summed E-state index contributed by atoms with van der Waals surface area (Å²) >= 11 is 6.30. The summed E-state index contributed by atoms with van der Waals surface area (Å²) in [5, 5.41) is 21.1. The van der Waals surface area contributed by atoms with Gasteiger partial charge in [-0.3, -0.25) is 4.90 Å². The van der Waals surface area contributed by atoms with Crippen LogP contribution in [0.25, 0.3) is 0 Å². The normalized spacial score (nSPS) is 23.8. The molecule has 4 rings (SSSR count). The Hall–Kier alpha value is -2.89. The lowest BCUT2D eigenvalue weighted by Crippen LogP contribution is -2.42. The summed E-state index contributed by atoms with van der Waals surface area (Å²) in [6.07, 6.45) is 0.402. The molecule has 0 spiro atoms. The first-order chi connectivity index (χ1) is 15.4. The highest BCUT2D eigenvalue weighted by Gasteiger charge is 2.37. The molecule has 2 N–H and O–H groups in total. The van der Waals surface area contributed by atoms with Crippen molar-refractivity contribution in [3.63, 3.8) is 0 Å². The zero-order chi connectivity index (χ0) is 22.8. The Balaban J connectivity index is 1.81. The van der Waals surface area contributed by atoms with Gasteiger partial charge in [-0.05, 0) is 19.1 Å². The maximum atomic E-state index is 13.9. The molecule has 0 amide bonds. The van der Waals surface area contributed by atoms with Crippen LogP contribution in [0.4, 0.5) is 8.78 Å². The molecule has 2 aliphatic heterocycles. The van der Waals surface area contributed by atoms with Gasteiger partial charge in [0.2, 0.25) is 5.96 Å². The van der Waals surface area contributed by atoms with Crippen LogP contribution in [0.15, 0.2) is 46.9 Å². The maximum absolute atomic E-state index is 13.9. The Bertz CT molecular complexity index is 1050. The van der Waals surface area contributed by atoms with Gasteiger partial charge in [0.05, 0.1) is 30.7 Å². The summed E-state index contributed by atoms with van der Waals surface area (Å²) in [5.41, 5.74) is 0.898. The molecule has 0 saturated carbocycles. The van der Waals surface area contributed by atoms with Gasteiger partial charge in [-0.1, -0.05) is 17.7 Å². The molecule has 1 aromatic carbocycles. The van der Waals surface area contributed by atoms with Gasteiger partial charge in [-0.25, -0.2) is 18.6 Å². The number of aliphatic hydroxyl groups is 1. The second-order valence-corrected chi connectivity index (χ2v) is 7.76. The number of rotatable bonds is 5. The van der Waals surface area contributed by atoms with Crippen molar-refractivity contribution in [1.29, 1.82) is 0 Å². The van der Waals surface area contributed by atoms with E-state index in [2.05, 4.69) is 20.5 Å². The number of nitrogens with zero attached hydrogens (tertiary/aromatic N) is 5. The highest BCUT2D eigenvalue weighted by Crippen LogP contribution is 2.36. The van der Waals surface area contributed by atoms with E-state index in [1.807, 2.05) is 0 Å². The highest BCUT2D eigenvalue weighted by molar-refractivity contribution is 6.31. The lowest BCUT2D eigenvalue weighted by Gasteiger charge is -2.29. The standard InChI is InChI=1S/C20H21ClF2N6O3/c1-2-32-19(31)17-15(9-28-8-14(23)16(30)10-28)26-20(29-24-5-6-25-29)27-18(17)12-4-3-11(22)7-13(12)21/h3-7,14,16,18,30H,2,8-10H2,1H3,(H,26,27)/t14-,16-,18+/m1/s1. The SMILES string of the molecule is CCOC(=O)C1=C(CN2C[C@@H](O)[C@H](F)C2)NC(n2nccn2)=N[C@H]1c1ccc(F)cc1Cl. The van der Waals surface area contributed by atoms with Crippen LogP contribution >= 0.6 is 11.6 Å². The van der Waals surface area contributed by atoms with E-state index in [1.165, 1.54) is 29.3 Å². The van der Waals surface area contributed by atoms with Crippen LogP contribution in [0, 0.1) is 5.82 Å². The van der Waals surface area contributed by atoms with Gasteiger partial charge in [-0.2, -0.15) is 10.2 Å². The van der Waals surface area contributed by atoms with Crippen molar-refractivity contribution in [3.05, 3.63) is 58.3 Å². The van der Waals surface area contributed by atoms with E-state index >= 15 is 0 Å². The fourth-order valence-corrected chi connectivity index (χ4v) is 3.97. The van der Waals surface area contributed by atoms with Gasteiger partial charge in [0.15, 0.2) is 0 Å². The lowest BCUT2D eigenvalue weighted by molar-refractivity contribution is -0.139. The molecule has 0 unspecified atom stereocenters. The number of hydrogen-bond acceptors (Lipinski definition) is 8. The molecule has 1 aromatic heterocycles. The number of likely N-dealkylation sites (tertiary alicyclic amines) is 1. The topological polar surface area (TPSA) is 105 Å².